The van der Waals surface area contributed by atoms with Gasteiger partial charge in [0.1, 0.15) is 0 Å². The third-order valence-electron chi connectivity index (χ3n) is 6.54. The highest BCUT2D eigenvalue weighted by atomic mass is 32.2. The largest absolute Gasteiger partial charge is 0.493 e. The molecule has 7 nitrogen and oxygen atoms in total. The van der Waals surface area contributed by atoms with Crippen LogP contribution in [0.15, 0.2) is 77.7 Å². The lowest BCUT2D eigenvalue weighted by Gasteiger charge is -2.40. The molecule has 1 aliphatic carbocycles. The van der Waals surface area contributed by atoms with Crippen molar-refractivity contribution < 1.29 is 22.7 Å². The maximum Gasteiger partial charge on any atom is 0.262 e. The smallest absolute Gasteiger partial charge is 0.262 e. The van der Waals surface area contributed by atoms with Crippen molar-refractivity contribution in [2.24, 2.45) is 0 Å². The molecular weight excluding hydrogens is 464 g/mol. The summed E-state index contributed by atoms with van der Waals surface area (Å²) in [5.41, 5.74) is 1.94. The van der Waals surface area contributed by atoms with Crippen molar-refractivity contribution in [3.63, 3.8) is 0 Å². The Morgan fingerprint density at radius 1 is 0.914 bits per heavy atom. The van der Waals surface area contributed by atoms with Crippen molar-refractivity contribution in [2.45, 2.75) is 36.0 Å². The third-order valence-corrected chi connectivity index (χ3v) is 7.92. The van der Waals surface area contributed by atoms with Crippen LogP contribution < -0.4 is 19.5 Å². The lowest BCUT2D eigenvalue weighted by atomic mass is 9.64. The Hall–Kier alpha value is -3.52. The number of carbonyl (C=O) groups excluding carboxylic acids is 1. The predicted molar refractivity (Wildman–Crippen MR) is 135 cm³/mol. The van der Waals surface area contributed by atoms with Crippen molar-refractivity contribution >= 4 is 21.6 Å². The first kappa shape index (κ1) is 24.6. The summed E-state index contributed by atoms with van der Waals surface area (Å²) in [4.78, 5) is 13.2. The fraction of sp³-hybridized carbons (Fsp3) is 0.296. The fourth-order valence-corrected chi connectivity index (χ4v) is 5.44. The van der Waals surface area contributed by atoms with Gasteiger partial charge in [0.05, 0.1) is 24.5 Å². The van der Waals surface area contributed by atoms with Crippen LogP contribution in [0.1, 0.15) is 30.4 Å². The molecule has 1 amide bonds. The van der Waals surface area contributed by atoms with Crippen LogP contribution in [-0.4, -0.2) is 35.1 Å². The van der Waals surface area contributed by atoms with Crippen LogP contribution >= 0.6 is 0 Å². The number of sulfonamides is 1. The number of ether oxygens (including phenoxy) is 2. The third kappa shape index (κ3) is 5.27. The Bertz CT molecular complexity index is 1270. The zero-order chi connectivity index (χ0) is 24.9. The Labute approximate surface area is 206 Å². The number of nitrogens with one attached hydrogen (secondary N) is 2. The van der Waals surface area contributed by atoms with Crippen LogP contribution in [-0.2, 0) is 26.7 Å². The zero-order valence-electron chi connectivity index (χ0n) is 19.9. The molecule has 0 heterocycles. The van der Waals surface area contributed by atoms with Crippen LogP contribution in [0.4, 0.5) is 5.69 Å². The van der Waals surface area contributed by atoms with Gasteiger partial charge in [-0.1, -0.05) is 48.9 Å². The molecule has 2 N–H and O–H groups in total. The van der Waals surface area contributed by atoms with Gasteiger partial charge in [-0.15, -0.1) is 0 Å². The first-order chi connectivity index (χ1) is 16.9. The van der Waals surface area contributed by atoms with Crippen LogP contribution in [0.5, 0.6) is 11.5 Å². The summed E-state index contributed by atoms with van der Waals surface area (Å²) in [6, 6.07) is 21.5. The van der Waals surface area contributed by atoms with Gasteiger partial charge in [0.15, 0.2) is 11.5 Å². The predicted octanol–water partition coefficient (Wildman–Crippen LogP) is 4.29. The topological polar surface area (TPSA) is 93.7 Å². The molecule has 35 heavy (non-hydrogen) atoms. The fourth-order valence-electron chi connectivity index (χ4n) is 4.37. The van der Waals surface area contributed by atoms with Gasteiger partial charge < -0.3 is 14.8 Å². The Morgan fingerprint density at radius 2 is 1.60 bits per heavy atom. The number of hydrogen-bond donors (Lipinski definition) is 2. The van der Waals surface area contributed by atoms with Crippen LogP contribution in [0.2, 0.25) is 0 Å². The van der Waals surface area contributed by atoms with E-state index in [0.717, 1.165) is 31.2 Å². The maximum absolute atomic E-state index is 13.1. The number of amides is 1. The molecule has 1 saturated carbocycles. The number of rotatable bonds is 10. The highest BCUT2D eigenvalue weighted by Crippen LogP contribution is 2.44. The summed E-state index contributed by atoms with van der Waals surface area (Å²) >= 11 is 0. The highest BCUT2D eigenvalue weighted by molar-refractivity contribution is 7.92. The van der Waals surface area contributed by atoms with Gasteiger partial charge in [0.2, 0.25) is 5.91 Å². The van der Waals surface area contributed by atoms with E-state index in [1.807, 2.05) is 42.5 Å². The van der Waals surface area contributed by atoms with E-state index in [9.17, 15) is 13.2 Å². The van der Waals surface area contributed by atoms with Crippen LogP contribution in [0, 0.1) is 0 Å². The molecule has 4 rings (SSSR count). The standard InChI is InChI=1S/C27H30N2O5S/c1-33-24-14-13-23(19-25(24)34-2)35(31,32)29-22-11-9-21(10-12-22)27(16-6-17-27)26(30)28-18-15-20-7-4-3-5-8-20/h3-5,7-14,19,29H,6,15-18H2,1-2H3,(H,28,30). The average Bonchev–Trinajstić information content (AvgIpc) is 2.84. The molecular formula is C27H30N2O5S. The molecule has 3 aromatic carbocycles. The second kappa shape index (κ2) is 10.4. The van der Waals surface area contributed by atoms with Gasteiger partial charge in [-0.05, 0) is 54.7 Å². The van der Waals surface area contributed by atoms with Gasteiger partial charge in [-0.25, -0.2) is 8.42 Å². The summed E-state index contributed by atoms with van der Waals surface area (Å²) in [5.74, 6) is 0.804. The van der Waals surface area contributed by atoms with E-state index in [1.54, 1.807) is 18.2 Å². The lowest BCUT2D eigenvalue weighted by molar-refractivity contribution is -0.129. The molecule has 0 saturated heterocycles. The number of methoxy groups -OCH3 is 2. The number of anilines is 1. The number of carbonyl (C=O) groups is 1. The highest BCUT2D eigenvalue weighted by Gasteiger charge is 2.45. The second-order valence-corrected chi connectivity index (χ2v) is 10.3. The minimum Gasteiger partial charge on any atom is -0.493 e. The molecule has 0 radical (unpaired) electrons. The minimum absolute atomic E-state index is 0.0262. The van der Waals surface area contributed by atoms with Crippen molar-refractivity contribution in [3.8, 4) is 11.5 Å². The van der Waals surface area contributed by atoms with Gasteiger partial charge in [-0.3, -0.25) is 9.52 Å². The summed E-state index contributed by atoms with van der Waals surface area (Å²) in [5, 5.41) is 3.09. The zero-order valence-corrected chi connectivity index (χ0v) is 20.7. The summed E-state index contributed by atoms with van der Waals surface area (Å²) < 4.78 is 38.8. The van der Waals surface area contributed by atoms with Gasteiger partial charge in [0, 0.05) is 18.3 Å². The molecule has 0 spiro atoms. The van der Waals surface area contributed by atoms with E-state index in [-0.39, 0.29) is 10.8 Å². The van der Waals surface area contributed by atoms with Crippen LogP contribution in [0.25, 0.3) is 0 Å². The van der Waals surface area contributed by atoms with E-state index in [4.69, 9.17) is 9.47 Å². The monoisotopic (exact) mass is 494 g/mol. The quantitative estimate of drug-likeness (QED) is 0.439. The van der Waals surface area contributed by atoms with Crippen molar-refractivity contribution in [2.75, 3.05) is 25.5 Å². The van der Waals surface area contributed by atoms with E-state index in [1.165, 1.54) is 31.9 Å². The number of benzene rings is 3. The van der Waals surface area contributed by atoms with Crippen LogP contribution in [0.3, 0.4) is 0 Å². The number of hydrogen-bond acceptors (Lipinski definition) is 5. The molecule has 0 atom stereocenters. The molecule has 0 aromatic heterocycles. The van der Waals surface area contributed by atoms with Crippen molar-refractivity contribution in [3.05, 3.63) is 83.9 Å². The summed E-state index contributed by atoms with van der Waals surface area (Å²) in [6.45, 7) is 0.577. The lowest BCUT2D eigenvalue weighted by Crippen LogP contribution is -2.49. The van der Waals surface area contributed by atoms with Crippen molar-refractivity contribution in [1.82, 2.24) is 5.32 Å². The van der Waals surface area contributed by atoms with E-state index < -0.39 is 15.4 Å². The second-order valence-electron chi connectivity index (χ2n) is 8.63. The molecule has 0 unspecified atom stereocenters. The molecule has 1 aliphatic rings. The first-order valence-electron chi connectivity index (χ1n) is 11.6. The molecule has 3 aromatic rings. The van der Waals surface area contributed by atoms with E-state index >= 15 is 0 Å². The molecule has 0 aliphatic heterocycles. The Morgan fingerprint density at radius 3 is 2.20 bits per heavy atom. The molecule has 0 bridgehead atoms. The Balaban J connectivity index is 1.44. The van der Waals surface area contributed by atoms with E-state index in [2.05, 4.69) is 10.0 Å². The first-order valence-corrected chi connectivity index (χ1v) is 13.0. The molecule has 1 fully saturated rings. The molecule has 8 heteroatoms. The summed E-state index contributed by atoms with van der Waals surface area (Å²) in [6.07, 6.45) is 3.32. The van der Waals surface area contributed by atoms with Gasteiger partial charge in [-0.2, -0.15) is 0 Å². The maximum atomic E-state index is 13.1. The summed E-state index contributed by atoms with van der Waals surface area (Å²) in [7, 11) is -0.887. The minimum atomic E-state index is -3.83. The average molecular weight is 495 g/mol. The van der Waals surface area contributed by atoms with Gasteiger partial charge in [0.25, 0.3) is 10.0 Å². The van der Waals surface area contributed by atoms with E-state index in [0.29, 0.717) is 23.7 Å². The molecule has 184 valence electrons. The SMILES string of the molecule is COc1ccc(S(=O)(=O)Nc2ccc(C3(C(=O)NCCc4ccccc4)CCC3)cc2)cc1OC. The normalized spacial score (nSPS) is 14.5. The van der Waals surface area contributed by atoms with Gasteiger partial charge >= 0.3 is 0 Å². The Kier molecular flexibility index (Phi) is 7.31. The van der Waals surface area contributed by atoms with Crippen molar-refractivity contribution in [1.29, 1.82) is 0 Å².